The number of aromatic carboxylic acids is 1. The van der Waals surface area contributed by atoms with Crippen molar-refractivity contribution in [3.05, 3.63) is 52.4 Å². The van der Waals surface area contributed by atoms with Crippen LogP contribution in [0.25, 0.3) is 5.65 Å². The van der Waals surface area contributed by atoms with Crippen LogP contribution >= 0.6 is 0 Å². The summed E-state index contributed by atoms with van der Waals surface area (Å²) in [5.74, 6) is -0.715. The predicted molar refractivity (Wildman–Crippen MR) is 84.0 cm³/mol. The van der Waals surface area contributed by atoms with Crippen molar-refractivity contribution in [3.63, 3.8) is 0 Å². The summed E-state index contributed by atoms with van der Waals surface area (Å²) in [5.41, 5.74) is 2.65. The van der Waals surface area contributed by atoms with Crippen molar-refractivity contribution in [3.8, 4) is 0 Å². The Hall–Kier alpha value is -3.16. The lowest BCUT2D eigenvalue weighted by Gasteiger charge is -2.07. The lowest BCUT2D eigenvalue weighted by atomic mass is 10.2. The summed E-state index contributed by atoms with van der Waals surface area (Å²) in [4.78, 5) is 27.6. The van der Waals surface area contributed by atoms with Crippen molar-refractivity contribution in [2.24, 2.45) is 0 Å². The summed E-state index contributed by atoms with van der Waals surface area (Å²) in [6.07, 6.45) is 1.50. The molecule has 24 heavy (non-hydrogen) atoms. The van der Waals surface area contributed by atoms with E-state index in [0.717, 1.165) is 5.69 Å². The summed E-state index contributed by atoms with van der Waals surface area (Å²) in [5, 5.41) is 16.0. The van der Waals surface area contributed by atoms with Crippen molar-refractivity contribution >= 4 is 17.5 Å². The molecule has 0 aliphatic carbocycles. The number of carboxylic acids is 1. The molecule has 3 heterocycles. The van der Waals surface area contributed by atoms with Crippen LogP contribution in [0.5, 0.6) is 0 Å². The Labute approximate surface area is 137 Å². The highest BCUT2D eigenvalue weighted by Crippen LogP contribution is 2.15. The van der Waals surface area contributed by atoms with Crippen molar-refractivity contribution in [1.82, 2.24) is 19.9 Å². The van der Waals surface area contributed by atoms with Gasteiger partial charge < -0.3 is 14.8 Å². The highest BCUT2D eigenvalue weighted by molar-refractivity contribution is 5.95. The largest absolute Gasteiger partial charge is 0.478 e. The minimum absolute atomic E-state index is 0.0859. The first-order valence-electron chi connectivity index (χ1n) is 7.29. The van der Waals surface area contributed by atoms with Gasteiger partial charge in [0.1, 0.15) is 17.1 Å². The molecule has 0 saturated heterocycles. The van der Waals surface area contributed by atoms with Crippen molar-refractivity contribution in [1.29, 1.82) is 0 Å². The molecule has 124 valence electrons. The average Bonchev–Trinajstić information content (AvgIpc) is 3.08. The van der Waals surface area contributed by atoms with Crippen LogP contribution in [-0.4, -0.2) is 31.6 Å². The van der Waals surface area contributed by atoms with Gasteiger partial charge in [-0.15, -0.1) is 0 Å². The van der Waals surface area contributed by atoms with Crippen LogP contribution < -0.4 is 5.32 Å². The van der Waals surface area contributed by atoms with Crippen LogP contribution in [0.1, 0.15) is 43.6 Å². The number of carbonyl (C=O) groups excluding carboxylic acids is 1. The molecule has 0 spiro atoms. The van der Waals surface area contributed by atoms with E-state index in [4.69, 9.17) is 9.52 Å². The SMILES string of the molecule is Cc1cc2ncc(C(=O)NCc3cc(C(=O)O)c(C)o3)c(C)n2n1. The van der Waals surface area contributed by atoms with Crippen molar-refractivity contribution < 1.29 is 19.1 Å². The molecule has 8 heteroatoms. The Morgan fingerprint density at radius 2 is 2.00 bits per heavy atom. The number of aromatic nitrogens is 3. The van der Waals surface area contributed by atoms with Gasteiger partial charge in [-0.3, -0.25) is 4.79 Å². The molecule has 0 aliphatic rings. The molecule has 8 nitrogen and oxygen atoms in total. The number of hydrogen-bond donors (Lipinski definition) is 2. The van der Waals surface area contributed by atoms with Crippen LogP contribution in [0, 0.1) is 20.8 Å². The van der Waals surface area contributed by atoms with Gasteiger partial charge in [-0.2, -0.15) is 5.10 Å². The van der Waals surface area contributed by atoms with Gasteiger partial charge in [-0.1, -0.05) is 0 Å². The zero-order chi connectivity index (χ0) is 17.4. The van der Waals surface area contributed by atoms with Crippen LogP contribution in [-0.2, 0) is 6.54 Å². The molecular weight excluding hydrogens is 312 g/mol. The molecule has 3 aromatic heterocycles. The highest BCUT2D eigenvalue weighted by atomic mass is 16.4. The number of furan rings is 1. The second kappa shape index (κ2) is 5.80. The van der Waals surface area contributed by atoms with Crippen LogP contribution in [0.3, 0.4) is 0 Å². The number of nitrogens with zero attached hydrogens (tertiary/aromatic N) is 3. The minimum atomic E-state index is -1.06. The molecule has 0 fully saturated rings. The number of rotatable bonds is 4. The third-order valence-corrected chi connectivity index (χ3v) is 3.71. The third-order valence-electron chi connectivity index (χ3n) is 3.71. The van der Waals surface area contributed by atoms with Gasteiger partial charge in [0.2, 0.25) is 0 Å². The van der Waals surface area contributed by atoms with E-state index in [-0.39, 0.29) is 18.0 Å². The van der Waals surface area contributed by atoms with Gasteiger partial charge in [0.05, 0.1) is 23.5 Å². The zero-order valence-electron chi connectivity index (χ0n) is 13.5. The van der Waals surface area contributed by atoms with E-state index in [9.17, 15) is 9.59 Å². The summed E-state index contributed by atoms with van der Waals surface area (Å²) >= 11 is 0. The standard InChI is InChI=1S/C16H16N4O4/c1-8-4-14-17-7-13(9(2)20(14)19-8)15(21)18-6-11-5-12(16(22)23)10(3)24-11/h4-5,7H,6H2,1-3H3,(H,18,21)(H,22,23). The van der Waals surface area contributed by atoms with Crippen molar-refractivity contribution in [2.45, 2.75) is 27.3 Å². The zero-order valence-corrected chi connectivity index (χ0v) is 13.5. The number of aryl methyl sites for hydroxylation is 3. The van der Waals surface area contributed by atoms with Gasteiger partial charge in [-0.05, 0) is 26.8 Å². The number of carboxylic acid groups (broad SMARTS) is 1. The van der Waals surface area contributed by atoms with E-state index in [1.807, 2.05) is 13.0 Å². The summed E-state index contributed by atoms with van der Waals surface area (Å²) < 4.78 is 6.95. The van der Waals surface area contributed by atoms with E-state index in [1.165, 1.54) is 12.3 Å². The monoisotopic (exact) mass is 328 g/mol. The number of fused-ring (bicyclic) bond motifs is 1. The van der Waals surface area contributed by atoms with E-state index < -0.39 is 5.97 Å². The average molecular weight is 328 g/mol. The maximum Gasteiger partial charge on any atom is 0.339 e. The van der Waals surface area contributed by atoms with Crippen molar-refractivity contribution in [2.75, 3.05) is 0 Å². The van der Waals surface area contributed by atoms with Gasteiger partial charge in [0, 0.05) is 12.3 Å². The third kappa shape index (κ3) is 2.73. The summed E-state index contributed by atoms with van der Waals surface area (Å²) in [7, 11) is 0. The summed E-state index contributed by atoms with van der Waals surface area (Å²) in [6.45, 7) is 5.29. The first-order valence-corrected chi connectivity index (χ1v) is 7.29. The van der Waals surface area contributed by atoms with E-state index in [2.05, 4.69) is 15.4 Å². The molecule has 0 unspecified atom stereocenters. The molecule has 0 atom stereocenters. The molecule has 0 radical (unpaired) electrons. The molecule has 3 rings (SSSR count). The predicted octanol–water partition coefficient (Wildman–Crippen LogP) is 1.88. The Balaban J connectivity index is 1.79. The van der Waals surface area contributed by atoms with E-state index in [1.54, 1.807) is 18.4 Å². The number of carbonyl (C=O) groups is 2. The normalized spacial score (nSPS) is 11.0. The van der Waals surface area contributed by atoms with Gasteiger partial charge in [0.25, 0.3) is 5.91 Å². The molecular formula is C16H16N4O4. The Kier molecular flexibility index (Phi) is 3.80. The number of hydrogen-bond acceptors (Lipinski definition) is 5. The fourth-order valence-electron chi connectivity index (χ4n) is 2.49. The molecule has 1 amide bonds. The lowest BCUT2D eigenvalue weighted by molar-refractivity contribution is 0.0694. The molecule has 0 aromatic carbocycles. The van der Waals surface area contributed by atoms with Crippen LogP contribution in [0.4, 0.5) is 0 Å². The minimum Gasteiger partial charge on any atom is -0.478 e. The Morgan fingerprint density at radius 1 is 1.25 bits per heavy atom. The lowest BCUT2D eigenvalue weighted by Crippen LogP contribution is -2.24. The molecule has 2 N–H and O–H groups in total. The number of amides is 1. The molecule has 0 aliphatic heterocycles. The van der Waals surface area contributed by atoms with Gasteiger partial charge >= 0.3 is 5.97 Å². The van der Waals surface area contributed by atoms with Crippen LogP contribution in [0.2, 0.25) is 0 Å². The number of nitrogens with one attached hydrogen (secondary N) is 1. The highest BCUT2D eigenvalue weighted by Gasteiger charge is 2.16. The molecule has 0 bridgehead atoms. The first-order chi connectivity index (χ1) is 11.4. The van der Waals surface area contributed by atoms with Gasteiger partial charge in [-0.25, -0.2) is 14.3 Å². The smallest absolute Gasteiger partial charge is 0.339 e. The Bertz CT molecular complexity index is 955. The fraction of sp³-hybridized carbons (Fsp3) is 0.250. The molecule has 3 aromatic rings. The maximum absolute atomic E-state index is 12.4. The summed E-state index contributed by atoms with van der Waals surface area (Å²) in [6, 6.07) is 3.23. The first kappa shape index (κ1) is 15.7. The van der Waals surface area contributed by atoms with E-state index >= 15 is 0 Å². The molecule has 0 saturated carbocycles. The maximum atomic E-state index is 12.4. The quantitative estimate of drug-likeness (QED) is 0.756. The van der Waals surface area contributed by atoms with Crippen LogP contribution in [0.15, 0.2) is 22.7 Å². The second-order valence-corrected chi connectivity index (χ2v) is 5.48. The topological polar surface area (TPSA) is 110 Å². The fourth-order valence-corrected chi connectivity index (χ4v) is 2.49. The Morgan fingerprint density at radius 3 is 2.67 bits per heavy atom. The van der Waals surface area contributed by atoms with Gasteiger partial charge in [0.15, 0.2) is 5.65 Å². The second-order valence-electron chi connectivity index (χ2n) is 5.48. The van der Waals surface area contributed by atoms with E-state index in [0.29, 0.717) is 28.4 Å².